The lowest BCUT2D eigenvalue weighted by Gasteiger charge is -2.18. The van der Waals surface area contributed by atoms with Crippen LogP contribution in [0.4, 0.5) is 18.9 Å². The number of hydrogen-bond acceptors (Lipinski definition) is 2. The van der Waals surface area contributed by atoms with E-state index in [2.05, 4.69) is 16.7 Å². The van der Waals surface area contributed by atoms with E-state index in [0.29, 0.717) is 5.02 Å². The SMILES string of the molecule is Cc1ccc(-n2nc(C)c(C3C=CC(NC(=S)Nc4cccc(C(F)(F)F)c4)C3)c2C)cc1Cl. The number of rotatable bonds is 4. The van der Waals surface area contributed by atoms with E-state index in [-0.39, 0.29) is 22.8 Å². The Balaban J connectivity index is 1.43. The number of anilines is 1. The van der Waals surface area contributed by atoms with Crippen LogP contribution in [-0.2, 0) is 6.18 Å². The molecule has 0 amide bonds. The number of nitrogens with one attached hydrogen (secondary N) is 2. The molecule has 3 aromatic rings. The fourth-order valence-corrected chi connectivity index (χ4v) is 4.73. The second-order valence-electron chi connectivity index (χ2n) is 8.44. The van der Waals surface area contributed by atoms with Crippen LogP contribution in [0.1, 0.15) is 40.4 Å². The van der Waals surface area contributed by atoms with E-state index in [1.807, 2.05) is 49.7 Å². The minimum atomic E-state index is -4.40. The molecule has 1 heterocycles. The van der Waals surface area contributed by atoms with Gasteiger partial charge in [-0.05, 0) is 75.3 Å². The molecule has 2 N–H and O–H groups in total. The van der Waals surface area contributed by atoms with Gasteiger partial charge in [0.15, 0.2) is 5.11 Å². The molecule has 0 spiro atoms. The van der Waals surface area contributed by atoms with Gasteiger partial charge in [-0.25, -0.2) is 4.68 Å². The lowest BCUT2D eigenvalue weighted by molar-refractivity contribution is -0.137. The summed E-state index contributed by atoms with van der Waals surface area (Å²) in [5, 5.41) is 11.7. The third kappa shape index (κ3) is 5.13. The molecule has 0 fully saturated rings. The van der Waals surface area contributed by atoms with E-state index < -0.39 is 11.7 Å². The molecule has 0 saturated heterocycles. The normalized spacial score (nSPS) is 17.7. The van der Waals surface area contributed by atoms with Crippen molar-refractivity contribution >= 4 is 34.6 Å². The Morgan fingerprint density at radius 3 is 2.59 bits per heavy atom. The lowest BCUT2D eigenvalue weighted by atomic mass is 9.96. The molecule has 34 heavy (non-hydrogen) atoms. The van der Waals surface area contributed by atoms with Gasteiger partial charge in [0.25, 0.3) is 0 Å². The number of thiocarbonyl (C=S) groups is 1. The number of alkyl halides is 3. The van der Waals surface area contributed by atoms with E-state index in [1.165, 1.54) is 6.07 Å². The fraction of sp³-hybridized carbons (Fsp3) is 0.280. The predicted octanol–water partition coefficient (Wildman–Crippen LogP) is 6.87. The van der Waals surface area contributed by atoms with Crippen molar-refractivity contribution in [3.8, 4) is 5.69 Å². The van der Waals surface area contributed by atoms with E-state index in [9.17, 15) is 13.2 Å². The van der Waals surface area contributed by atoms with Crippen LogP contribution < -0.4 is 10.6 Å². The Hall–Kier alpha value is -2.84. The molecule has 0 aliphatic heterocycles. The molecule has 2 unspecified atom stereocenters. The van der Waals surface area contributed by atoms with Crippen molar-refractivity contribution in [3.63, 3.8) is 0 Å². The van der Waals surface area contributed by atoms with Crippen LogP contribution in [0.5, 0.6) is 0 Å². The number of aromatic nitrogens is 2. The van der Waals surface area contributed by atoms with E-state index in [4.69, 9.17) is 28.9 Å². The molecule has 0 bridgehead atoms. The maximum absolute atomic E-state index is 13.0. The Bertz CT molecular complexity index is 1270. The van der Waals surface area contributed by atoms with Crippen molar-refractivity contribution in [2.45, 2.75) is 45.3 Å². The number of halogens is 4. The van der Waals surface area contributed by atoms with Crippen molar-refractivity contribution in [3.05, 3.63) is 87.7 Å². The minimum Gasteiger partial charge on any atom is -0.356 e. The summed E-state index contributed by atoms with van der Waals surface area (Å²) in [4.78, 5) is 0. The zero-order valence-electron chi connectivity index (χ0n) is 18.9. The molecular formula is C25H24ClF3N4S. The first-order chi connectivity index (χ1) is 16.0. The average molecular weight is 505 g/mol. The first-order valence-electron chi connectivity index (χ1n) is 10.8. The summed E-state index contributed by atoms with van der Waals surface area (Å²) in [6.45, 7) is 5.99. The molecule has 178 valence electrons. The van der Waals surface area contributed by atoms with Crippen LogP contribution in [0.25, 0.3) is 5.69 Å². The summed E-state index contributed by atoms with van der Waals surface area (Å²) in [7, 11) is 0. The minimum absolute atomic E-state index is 0.0493. The lowest BCUT2D eigenvalue weighted by Crippen LogP contribution is -2.35. The van der Waals surface area contributed by atoms with Crippen molar-refractivity contribution in [2.75, 3.05) is 5.32 Å². The van der Waals surface area contributed by atoms with Crippen molar-refractivity contribution < 1.29 is 13.2 Å². The molecule has 4 rings (SSSR count). The van der Waals surface area contributed by atoms with Crippen molar-refractivity contribution in [2.24, 2.45) is 0 Å². The molecule has 9 heteroatoms. The Morgan fingerprint density at radius 1 is 1.12 bits per heavy atom. The summed E-state index contributed by atoms with van der Waals surface area (Å²) in [6, 6.07) is 10.8. The van der Waals surface area contributed by atoms with Gasteiger partial charge in [0, 0.05) is 33.9 Å². The fourth-order valence-electron chi connectivity index (χ4n) is 4.29. The van der Waals surface area contributed by atoms with Crippen LogP contribution >= 0.6 is 23.8 Å². The summed E-state index contributed by atoms with van der Waals surface area (Å²) in [6.07, 6.45) is 0.502. The maximum Gasteiger partial charge on any atom is 0.416 e. The quantitative estimate of drug-likeness (QED) is 0.300. The molecule has 1 aliphatic carbocycles. The van der Waals surface area contributed by atoms with Gasteiger partial charge in [-0.2, -0.15) is 18.3 Å². The largest absolute Gasteiger partial charge is 0.416 e. The van der Waals surface area contributed by atoms with Crippen LogP contribution in [-0.4, -0.2) is 20.9 Å². The number of nitrogens with zero attached hydrogens (tertiary/aromatic N) is 2. The van der Waals surface area contributed by atoms with Gasteiger partial charge in [0.05, 0.1) is 16.9 Å². The van der Waals surface area contributed by atoms with Gasteiger partial charge < -0.3 is 10.6 Å². The first-order valence-corrected chi connectivity index (χ1v) is 11.6. The average Bonchev–Trinajstić information content (AvgIpc) is 3.32. The highest BCUT2D eigenvalue weighted by molar-refractivity contribution is 7.80. The van der Waals surface area contributed by atoms with Crippen molar-refractivity contribution in [1.82, 2.24) is 15.1 Å². The Morgan fingerprint density at radius 2 is 1.88 bits per heavy atom. The number of allylic oxidation sites excluding steroid dienone is 1. The van der Waals surface area contributed by atoms with E-state index in [1.54, 1.807) is 6.07 Å². The van der Waals surface area contributed by atoms with Gasteiger partial charge in [0.2, 0.25) is 0 Å². The van der Waals surface area contributed by atoms with E-state index >= 15 is 0 Å². The van der Waals surface area contributed by atoms with Crippen molar-refractivity contribution in [1.29, 1.82) is 0 Å². The van der Waals surface area contributed by atoms with Gasteiger partial charge in [0.1, 0.15) is 0 Å². The highest BCUT2D eigenvalue weighted by atomic mass is 35.5. The predicted molar refractivity (Wildman–Crippen MR) is 134 cm³/mol. The molecule has 1 aromatic heterocycles. The molecule has 4 nitrogen and oxygen atoms in total. The van der Waals surface area contributed by atoms with Crippen LogP contribution in [0.15, 0.2) is 54.6 Å². The van der Waals surface area contributed by atoms with Crippen LogP contribution in [0, 0.1) is 20.8 Å². The van der Waals surface area contributed by atoms with Crippen LogP contribution in [0.2, 0.25) is 5.02 Å². The second-order valence-corrected chi connectivity index (χ2v) is 9.26. The molecule has 0 saturated carbocycles. The standard InChI is InChI=1S/C25H24ClF3N4S/c1-14-7-10-21(13-22(14)26)33-16(3)23(15(2)32-33)17-8-9-20(11-17)31-24(34)30-19-6-4-5-18(12-19)25(27,28)29/h4-10,12-13,17,20H,11H2,1-3H3,(H2,30,31,34). The second kappa shape index (κ2) is 9.43. The molecule has 2 aromatic carbocycles. The van der Waals surface area contributed by atoms with Crippen LogP contribution in [0.3, 0.4) is 0 Å². The number of hydrogen-bond donors (Lipinski definition) is 2. The number of aryl methyl sites for hydroxylation is 2. The monoisotopic (exact) mass is 504 g/mol. The number of benzene rings is 2. The van der Waals surface area contributed by atoms with Gasteiger partial charge in [-0.3, -0.25) is 0 Å². The third-order valence-corrected chi connectivity index (χ3v) is 6.59. The summed E-state index contributed by atoms with van der Waals surface area (Å²) in [5.74, 6) is 0.142. The highest BCUT2D eigenvalue weighted by Gasteiger charge is 2.30. The Labute approximate surface area is 206 Å². The van der Waals surface area contributed by atoms with E-state index in [0.717, 1.165) is 46.8 Å². The molecule has 1 aliphatic rings. The topological polar surface area (TPSA) is 41.9 Å². The zero-order chi connectivity index (χ0) is 24.6. The Kier molecular flexibility index (Phi) is 6.73. The molecule has 0 radical (unpaired) electrons. The maximum atomic E-state index is 13.0. The molecular weight excluding hydrogens is 481 g/mol. The van der Waals surface area contributed by atoms with Gasteiger partial charge >= 0.3 is 6.18 Å². The summed E-state index contributed by atoms with van der Waals surface area (Å²) in [5.41, 5.74) is 4.61. The zero-order valence-corrected chi connectivity index (χ0v) is 20.4. The molecule has 2 atom stereocenters. The summed E-state index contributed by atoms with van der Waals surface area (Å²) >= 11 is 11.7. The van der Waals surface area contributed by atoms with Gasteiger partial charge in [-0.1, -0.05) is 35.9 Å². The third-order valence-electron chi connectivity index (χ3n) is 5.97. The summed E-state index contributed by atoms with van der Waals surface area (Å²) < 4.78 is 40.8. The van der Waals surface area contributed by atoms with Gasteiger partial charge in [-0.15, -0.1) is 0 Å². The first kappa shape index (κ1) is 24.3. The highest BCUT2D eigenvalue weighted by Crippen LogP contribution is 2.35. The smallest absolute Gasteiger partial charge is 0.356 e.